The van der Waals surface area contributed by atoms with Crippen molar-refractivity contribution in [2.75, 3.05) is 19.0 Å². The second kappa shape index (κ2) is 5.72. The summed E-state index contributed by atoms with van der Waals surface area (Å²) >= 11 is 9.61. The Morgan fingerprint density at radius 1 is 1.43 bits per heavy atom. The molecule has 1 aromatic heterocycles. The van der Waals surface area contributed by atoms with Crippen molar-refractivity contribution >= 4 is 44.8 Å². The van der Waals surface area contributed by atoms with Crippen LogP contribution in [0.4, 0.5) is 11.4 Å². The number of nitrogens with one attached hydrogen (secondary N) is 2. The first-order valence-electron chi connectivity index (χ1n) is 7.01. The van der Waals surface area contributed by atoms with E-state index < -0.39 is 0 Å². The molecule has 3 rings (SSSR count). The van der Waals surface area contributed by atoms with Crippen LogP contribution in [0.2, 0.25) is 5.02 Å². The van der Waals surface area contributed by atoms with Gasteiger partial charge in [-0.15, -0.1) is 0 Å². The first-order valence-corrected chi connectivity index (χ1v) is 8.18. The highest BCUT2D eigenvalue weighted by molar-refractivity contribution is 9.10. The van der Waals surface area contributed by atoms with Crippen LogP contribution in [0.3, 0.4) is 0 Å². The molecule has 0 saturated heterocycles. The maximum atomic E-state index is 12.2. The molecule has 2 aromatic rings. The highest BCUT2D eigenvalue weighted by Gasteiger charge is 2.34. The van der Waals surface area contributed by atoms with Crippen LogP contribution in [0, 0.1) is 0 Å². The van der Waals surface area contributed by atoms with E-state index in [1.54, 1.807) is 18.0 Å². The number of ether oxygens (including phenoxy) is 1. The van der Waals surface area contributed by atoms with E-state index in [2.05, 4.69) is 31.7 Å². The van der Waals surface area contributed by atoms with Gasteiger partial charge in [0.1, 0.15) is 5.69 Å². The Labute approximate surface area is 147 Å². The second-order valence-corrected chi connectivity index (χ2v) is 7.11. The van der Waals surface area contributed by atoms with E-state index in [9.17, 15) is 4.79 Å². The smallest absolute Gasteiger partial charge is 0.271 e. The number of halogens is 2. The summed E-state index contributed by atoms with van der Waals surface area (Å²) in [6.45, 7) is 4.57. The monoisotopic (exact) mass is 398 g/mol. The van der Waals surface area contributed by atoms with Gasteiger partial charge in [-0.25, -0.2) is 0 Å². The number of carbonyl (C=O) groups excluding carboxylic acids is 1. The van der Waals surface area contributed by atoms with Gasteiger partial charge in [0.05, 0.1) is 35.2 Å². The van der Waals surface area contributed by atoms with Crippen LogP contribution in [-0.2, 0) is 5.54 Å². The molecular weight excluding hydrogens is 384 g/mol. The molecule has 0 radical (unpaired) electrons. The maximum Gasteiger partial charge on any atom is 0.271 e. The summed E-state index contributed by atoms with van der Waals surface area (Å²) in [6.07, 6.45) is 1.64. The van der Waals surface area contributed by atoms with Crippen molar-refractivity contribution in [3.63, 3.8) is 0 Å². The summed E-state index contributed by atoms with van der Waals surface area (Å²) < 4.78 is 7.84. The summed E-state index contributed by atoms with van der Waals surface area (Å²) in [5.74, 6) is 0.336. The molecule has 2 heterocycles. The van der Waals surface area contributed by atoms with Gasteiger partial charge in [-0.05, 0) is 41.9 Å². The lowest BCUT2D eigenvalue weighted by molar-refractivity contribution is 0.0878. The lowest BCUT2D eigenvalue weighted by atomic mass is 10.0. The molecule has 23 heavy (non-hydrogen) atoms. The Hall–Kier alpha value is -1.73. The van der Waals surface area contributed by atoms with Crippen LogP contribution in [0.5, 0.6) is 5.75 Å². The fourth-order valence-electron chi connectivity index (χ4n) is 2.55. The molecule has 0 spiro atoms. The van der Waals surface area contributed by atoms with E-state index in [0.29, 0.717) is 34.4 Å². The van der Waals surface area contributed by atoms with Crippen LogP contribution in [0.15, 0.2) is 22.8 Å². The molecule has 122 valence electrons. The number of carbonyl (C=O) groups is 1. The van der Waals surface area contributed by atoms with Gasteiger partial charge >= 0.3 is 0 Å². The molecular formula is C15H16BrClN4O2. The zero-order valence-electron chi connectivity index (χ0n) is 12.9. The number of anilines is 2. The summed E-state index contributed by atoms with van der Waals surface area (Å²) in [6, 6.07) is 3.64. The van der Waals surface area contributed by atoms with Crippen LogP contribution in [0.25, 0.3) is 0 Å². The highest BCUT2D eigenvalue weighted by Crippen LogP contribution is 2.40. The number of benzene rings is 1. The quantitative estimate of drug-likeness (QED) is 0.828. The molecule has 8 heteroatoms. The molecule has 1 aromatic carbocycles. The van der Waals surface area contributed by atoms with Crippen molar-refractivity contribution in [3.8, 4) is 5.75 Å². The predicted molar refractivity (Wildman–Crippen MR) is 92.9 cm³/mol. The Kier molecular flexibility index (Phi) is 4.01. The highest BCUT2D eigenvalue weighted by atomic mass is 79.9. The summed E-state index contributed by atoms with van der Waals surface area (Å²) in [4.78, 5) is 12.2. The Bertz CT molecular complexity index is 788. The van der Waals surface area contributed by atoms with Crippen molar-refractivity contribution in [1.82, 2.24) is 15.1 Å². The topological polar surface area (TPSA) is 68.2 Å². The lowest BCUT2D eigenvalue weighted by Crippen LogP contribution is -2.48. The standard InChI is InChI=1S/C15H16BrClN4O2/c1-15(2)7-18-14(22)12-10(6-19-21(12)15)20-9-5-4-8(16)11(17)13(9)23-3/h4-6,20H,7H2,1-3H3,(H,18,22). The normalized spacial score (nSPS) is 15.8. The Morgan fingerprint density at radius 3 is 2.87 bits per heavy atom. The molecule has 6 nitrogen and oxygen atoms in total. The van der Waals surface area contributed by atoms with Gasteiger partial charge in [0, 0.05) is 11.0 Å². The van der Waals surface area contributed by atoms with Crippen LogP contribution >= 0.6 is 27.5 Å². The van der Waals surface area contributed by atoms with Gasteiger partial charge in [-0.2, -0.15) is 5.10 Å². The van der Waals surface area contributed by atoms with E-state index in [-0.39, 0.29) is 11.4 Å². The summed E-state index contributed by atoms with van der Waals surface area (Å²) in [5.41, 5.74) is 1.46. The Morgan fingerprint density at radius 2 is 2.17 bits per heavy atom. The van der Waals surface area contributed by atoms with Gasteiger partial charge in [0.25, 0.3) is 5.91 Å². The SMILES string of the molecule is COc1c(Nc2cnn3c2C(=O)NCC3(C)C)ccc(Br)c1Cl. The maximum absolute atomic E-state index is 12.2. The summed E-state index contributed by atoms with van der Waals surface area (Å²) in [5, 5.41) is 10.9. The number of aromatic nitrogens is 2. The van der Waals surface area contributed by atoms with Gasteiger partial charge in [0.15, 0.2) is 5.75 Å². The predicted octanol–water partition coefficient (Wildman–Crippen LogP) is 3.53. The molecule has 0 saturated carbocycles. The molecule has 0 fully saturated rings. The van der Waals surface area contributed by atoms with E-state index >= 15 is 0 Å². The Balaban J connectivity index is 2.05. The third-order valence-corrected chi connectivity index (χ3v) is 5.03. The van der Waals surface area contributed by atoms with E-state index in [0.717, 1.165) is 4.47 Å². The zero-order chi connectivity index (χ0) is 16.8. The fourth-order valence-corrected chi connectivity index (χ4v) is 3.10. The number of methoxy groups -OCH3 is 1. The van der Waals surface area contributed by atoms with Gasteiger partial charge in [0.2, 0.25) is 0 Å². The van der Waals surface area contributed by atoms with E-state index in [1.165, 1.54) is 0 Å². The minimum atomic E-state index is -0.287. The molecule has 1 amide bonds. The lowest BCUT2D eigenvalue weighted by Gasteiger charge is -2.32. The van der Waals surface area contributed by atoms with E-state index in [4.69, 9.17) is 16.3 Å². The number of hydrogen-bond acceptors (Lipinski definition) is 4. The molecule has 0 aliphatic carbocycles. The third-order valence-electron chi connectivity index (χ3n) is 3.76. The van der Waals surface area contributed by atoms with Crippen molar-refractivity contribution in [1.29, 1.82) is 0 Å². The van der Waals surface area contributed by atoms with Crippen molar-refractivity contribution in [2.45, 2.75) is 19.4 Å². The average Bonchev–Trinajstić information content (AvgIpc) is 2.93. The number of fused-ring (bicyclic) bond motifs is 1. The van der Waals surface area contributed by atoms with E-state index in [1.807, 2.05) is 26.0 Å². The molecule has 1 aliphatic heterocycles. The van der Waals surface area contributed by atoms with Crippen molar-refractivity contribution < 1.29 is 9.53 Å². The molecule has 0 bridgehead atoms. The minimum Gasteiger partial charge on any atom is -0.493 e. The fraction of sp³-hybridized carbons (Fsp3) is 0.333. The van der Waals surface area contributed by atoms with Crippen molar-refractivity contribution in [2.24, 2.45) is 0 Å². The first kappa shape index (κ1) is 16.1. The number of rotatable bonds is 3. The van der Waals surface area contributed by atoms with Gasteiger partial charge in [-0.3, -0.25) is 9.48 Å². The zero-order valence-corrected chi connectivity index (χ0v) is 15.2. The molecule has 0 atom stereocenters. The molecule has 2 N–H and O–H groups in total. The number of hydrogen-bond donors (Lipinski definition) is 2. The van der Waals surface area contributed by atoms with Crippen LogP contribution < -0.4 is 15.4 Å². The third kappa shape index (κ3) is 2.68. The van der Waals surface area contributed by atoms with Crippen molar-refractivity contribution in [3.05, 3.63) is 33.5 Å². The van der Waals surface area contributed by atoms with Crippen LogP contribution in [-0.4, -0.2) is 29.3 Å². The first-order chi connectivity index (χ1) is 10.8. The summed E-state index contributed by atoms with van der Waals surface area (Å²) in [7, 11) is 1.54. The molecule has 0 unspecified atom stereocenters. The number of amides is 1. The minimum absolute atomic E-state index is 0.161. The average molecular weight is 400 g/mol. The number of nitrogens with zero attached hydrogens (tertiary/aromatic N) is 2. The molecule has 1 aliphatic rings. The van der Waals surface area contributed by atoms with Crippen LogP contribution in [0.1, 0.15) is 24.3 Å². The second-order valence-electron chi connectivity index (χ2n) is 5.88. The van der Waals surface area contributed by atoms with Gasteiger partial charge in [-0.1, -0.05) is 11.6 Å². The van der Waals surface area contributed by atoms with Gasteiger partial charge < -0.3 is 15.4 Å². The largest absolute Gasteiger partial charge is 0.493 e.